The molecule has 1 unspecified atom stereocenters. The standard InChI is InChI=1S/C11H15Cl2NS/c1-3-8(2)6-15-7-9-4-5-10(12)14-11(9)13/h4-5,8H,3,6-7H2,1-2H3. The molecule has 0 saturated heterocycles. The van der Waals surface area contributed by atoms with Gasteiger partial charge in [-0.05, 0) is 23.3 Å². The number of thioether (sulfide) groups is 1. The largest absolute Gasteiger partial charge is 0.224 e. The summed E-state index contributed by atoms with van der Waals surface area (Å²) in [6.07, 6.45) is 1.22. The number of rotatable bonds is 5. The molecule has 0 radical (unpaired) electrons. The molecule has 15 heavy (non-hydrogen) atoms. The van der Waals surface area contributed by atoms with Gasteiger partial charge in [-0.3, -0.25) is 0 Å². The second kappa shape index (κ2) is 6.62. The van der Waals surface area contributed by atoms with E-state index in [0.717, 1.165) is 23.0 Å². The summed E-state index contributed by atoms with van der Waals surface area (Å²) in [4.78, 5) is 4.01. The van der Waals surface area contributed by atoms with Crippen LogP contribution in [0.2, 0.25) is 10.3 Å². The third kappa shape index (κ3) is 4.62. The van der Waals surface area contributed by atoms with Crippen LogP contribution in [0, 0.1) is 5.92 Å². The van der Waals surface area contributed by atoms with E-state index in [-0.39, 0.29) is 0 Å². The first-order valence-corrected chi connectivity index (χ1v) is 6.93. The highest BCUT2D eigenvalue weighted by molar-refractivity contribution is 7.98. The van der Waals surface area contributed by atoms with E-state index >= 15 is 0 Å². The van der Waals surface area contributed by atoms with E-state index in [1.807, 2.05) is 17.8 Å². The predicted molar refractivity (Wildman–Crippen MR) is 69.9 cm³/mol. The molecule has 0 aromatic carbocycles. The summed E-state index contributed by atoms with van der Waals surface area (Å²) in [5.74, 6) is 2.83. The van der Waals surface area contributed by atoms with Crippen molar-refractivity contribution >= 4 is 35.0 Å². The van der Waals surface area contributed by atoms with Gasteiger partial charge in [0.15, 0.2) is 0 Å². The van der Waals surface area contributed by atoms with Gasteiger partial charge >= 0.3 is 0 Å². The summed E-state index contributed by atoms with van der Waals surface area (Å²) >= 11 is 13.6. The highest BCUT2D eigenvalue weighted by atomic mass is 35.5. The van der Waals surface area contributed by atoms with Crippen molar-refractivity contribution in [3.8, 4) is 0 Å². The molecule has 0 aliphatic rings. The van der Waals surface area contributed by atoms with Gasteiger partial charge in [0.1, 0.15) is 10.3 Å². The normalized spacial score (nSPS) is 12.8. The van der Waals surface area contributed by atoms with Crippen LogP contribution >= 0.6 is 35.0 Å². The molecule has 0 aliphatic heterocycles. The molecule has 1 aromatic rings. The number of nitrogens with zero attached hydrogens (tertiary/aromatic N) is 1. The lowest BCUT2D eigenvalue weighted by molar-refractivity contribution is 0.637. The lowest BCUT2D eigenvalue weighted by Crippen LogP contribution is -1.96. The zero-order valence-corrected chi connectivity index (χ0v) is 11.3. The zero-order chi connectivity index (χ0) is 11.3. The second-order valence-corrected chi connectivity index (χ2v) is 5.39. The lowest BCUT2D eigenvalue weighted by atomic mass is 10.2. The molecule has 0 spiro atoms. The van der Waals surface area contributed by atoms with Gasteiger partial charge in [-0.15, -0.1) is 0 Å². The van der Waals surface area contributed by atoms with Crippen LogP contribution < -0.4 is 0 Å². The van der Waals surface area contributed by atoms with Gasteiger partial charge in [-0.1, -0.05) is 49.5 Å². The van der Waals surface area contributed by atoms with E-state index in [4.69, 9.17) is 23.2 Å². The quantitative estimate of drug-likeness (QED) is 0.717. The molecule has 1 heterocycles. The van der Waals surface area contributed by atoms with Crippen LogP contribution in [0.4, 0.5) is 0 Å². The molecule has 1 aromatic heterocycles. The van der Waals surface area contributed by atoms with E-state index in [1.165, 1.54) is 6.42 Å². The second-order valence-electron chi connectivity index (χ2n) is 3.61. The Bertz CT molecular complexity index is 317. The molecule has 1 nitrogen and oxygen atoms in total. The Morgan fingerprint density at radius 1 is 1.40 bits per heavy atom. The topological polar surface area (TPSA) is 12.9 Å². The fourth-order valence-electron chi connectivity index (χ4n) is 1.04. The number of halogens is 2. The Hall–Kier alpha value is 0.0800. The Morgan fingerprint density at radius 2 is 2.13 bits per heavy atom. The molecule has 1 rings (SSSR count). The average Bonchev–Trinajstić information content (AvgIpc) is 2.21. The van der Waals surface area contributed by atoms with Gasteiger partial charge < -0.3 is 0 Å². The Kier molecular flexibility index (Phi) is 5.80. The minimum absolute atomic E-state index is 0.454. The summed E-state index contributed by atoms with van der Waals surface area (Å²) in [6, 6.07) is 3.73. The maximum Gasteiger partial charge on any atom is 0.134 e. The fourth-order valence-corrected chi connectivity index (χ4v) is 2.74. The first-order chi connectivity index (χ1) is 7.13. The van der Waals surface area contributed by atoms with Gasteiger partial charge in [-0.2, -0.15) is 11.8 Å². The first kappa shape index (κ1) is 13.1. The van der Waals surface area contributed by atoms with Gasteiger partial charge in [0.2, 0.25) is 0 Å². The van der Waals surface area contributed by atoms with Crippen LogP contribution in [0.15, 0.2) is 12.1 Å². The fraction of sp³-hybridized carbons (Fsp3) is 0.545. The minimum atomic E-state index is 0.454. The van der Waals surface area contributed by atoms with E-state index < -0.39 is 0 Å². The molecule has 0 fully saturated rings. The Balaban J connectivity index is 2.44. The minimum Gasteiger partial charge on any atom is -0.224 e. The van der Waals surface area contributed by atoms with Crippen molar-refractivity contribution in [3.05, 3.63) is 28.0 Å². The highest BCUT2D eigenvalue weighted by Gasteiger charge is 2.04. The molecular formula is C11H15Cl2NS. The summed E-state index contributed by atoms with van der Waals surface area (Å²) in [7, 11) is 0. The SMILES string of the molecule is CCC(C)CSCc1ccc(Cl)nc1Cl. The Morgan fingerprint density at radius 3 is 2.73 bits per heavy atom. The third-order valence-corrected chi connectivity index (χ3v) is 4.11. The maximum atomic E-state index is 5.97. The van der Waals surface area contributed by atoms with Crippen molar-refractivity contribution in [1.82, 2.24) is 4.98 Å². The molecule has 4 heteroatoms. The molecular weight excluding hydrogens is 249 g/mol. The van der Waals surface area contributed by atoms with Crippen molar-refractivity contribution in [3.63, 3.8) is 0 Å². The van der Waals surface area contributed by atoms with Crippen molar-refractivity contribution in [2.75, 3.05) is 5.75 Å². The molecule has 0 saturated carbocycles. The maximum absolute atomic E-state index is 5.97. The molecule has 0 amide bonds. The summed E-state index contributed by atoms with van der Waals surface area (Å²) in [6.45, 7) is 4.47. The number of pyridine rings is 1. The number of hydrogen-bond donors (Lipinski definition) is 0. The van der Waals surface area contributed by atoms with Crippen molar-refractivity contribution in [2.24, 2.45) is 5.92 Å². The molecule has 0 N–H and O–H groups in total. The summed E-state index contributed by atoms with van der Waals surface area (Å²) in [5, 5.41) is 0.981. The van der Waals surface area contributed by atoms with Crippen molar-refractivity contribution in [1.29, 1.82) is 0 Å². The van der Waals surface area contributed by atoms with Crippen molar-refractivity contribution < 1.29 is 0 Å². The molecule has 0 aliphatic carbocycles. The van der Waals surface area contributed by atoms with E-state index in [0.29, 0.717) is 10.3 Å². The van der Waals surface area contributed by atoms with Crippen LogP contribution in [0.3, 0.4) is 0 Å². The van der Waals surface area contributed by atoms with E-state index in [9.17, 15) is 0 Å². The molecule has 84 valence electrons. The van der Waals surface area contributed by atoms with Gasteiger partial charge in [0.05, 0.1) is 0 Å². The van der Waals surface area contributed by atoms with E-state index in [2.05, 4.69) is 18.8 Å². The summed E-state index contributed by atoms with van der Waals surface area (Å²) in [5.41, 5.74) is 1.06. The summed E-state index contributed by atoms with van der Waals surface area (Å²) < 4.78 is 0. The van der Waals surface area contributed by atoms with Crippen molar-refractivity contribution in [2.45, 2.75) is 26.0 Å². The highest BCUT2D eigenvalue weighted by Crippen LogP contribution is 2.23. The van der Waals surface area contributed by atoms with Crippen LogP contribution in [0.1, 0.15) is 25.8 Å². The first-order valence-electron chi connectivity index (χ1n) is 5.02. The van der Waals surface area contributed by atoms with Crippen LogP contribution in [0.5, 0.6) is 0 Å². The smallest absolute Gasteiger partial charge is 0.134 e. The van der Waals surface area contributed by atoms with E-state index in [1.54, 1.807) is 6.07 Å². The van der Waals surface area contributed by atoms with Crippen LogP contribution in [0.25, 0.3) is 0 Å². The monoisotopic (exact) mass is 263 g/mol. The van der Waals surface area contributed by atoms with Gasteiger partial charge in [-0.25, -0.2) is 4.98 Å². The average molecular weight is 264 g/mol. The predicted octanol–water partition coefficient (Wildman–Crippen LogP) is 4.67. The molecule has 0 bridgehead atoms. The van der Waals surface area contributed by atoms with Crippen LogP contribution in [-0.2, 0) is 5.75 Å². The van der Waals surface area contributed by atoms with Gasteiger partial charge in [0, 0.05) is 5.75 Å². The lowest BCUT2D eigenvalue weighted by Gasteiger charge is -2.08. The third-order valence-electron chi connectivity index (χ3n) is 2.25. The zero-order valence-electron chi connectivity index (χ0n) is 8.96. The number of hydrogen-bond acceptors (Lipinski definition) is 2. The van der Waals surface area contributed by atoms with Crippen LogP contribution in [-0.4, -0.2) is 10.7 Å². The van der Waals surface area contributed by atoms with Gasteiger partial charge in [0.25, 0.3) is 0 Å². The number of aromatic nitrogens is 1. The Labute approximate surface area is 106 Å². The molecule has 1 atom stereocenters.